The van der Waals surface area contributed by atoms with E-state index in [0.717, 1.165) is 43.7 Å². The van der Waals surface area contributed by atoms with E-state index >= 15 is 0 Å². The monoisotopic (exact) mass is 421 g/mol. The van der Waals surface area contributed by atoms with Crippen LogP contribution in [0.5, 0.6) is 5.75 Å². The number of aliphatic hydroxyl groups is 1. The number of halogens is 1. The van der Waals surface area contributed by atoms with Crippen molar-refractivity contribution in [3.05, 3.63) is 72.2 Å². The molecule has 0 unspecified atom stereocenters. The van der Waals surface area contributed by atoms with Crippen LogP contribution in [-0.2, 0) is 13.6 Å². The van der Waals surface area contributed by atoms with Gasteiger partial charge in [0.2, 0.25) is 0 Å². The molecule has 0 radical (unpaired) electrons. The van der Waals surface area contributed by atoms with E-state index in [-0.39, 0.29) is 11.9 Å². The smallest absolute Gasteiger partial charge is 0.125 e. The first-order valence-corrected chi connectivity index (χ1v) is 11.0. The summed E-state index contributed by atoms with van der Waals surface area (Å²) >= 11 is 0. The molecule has 0 bridgehead atoms. The minimum atomic E-state index is -0.496. The van der Waals surface area contributed by atoms with Crippen LogP contribution < -0.4 is 4.74 Å². The van der Waals surface area contributed by atoms with Gasteiger partial charge in [-0.1, -0.05) is 30.3 Å². The highest BCUT2D eigenvalue weighted by molar-refractivity contribution is 5.62. The Labute approximate surface area is 182 Å². The first-order chi connectivity index (χ1) is 15.0. The summed E-state index contributed by atoms with van der Waals surface area (Å²) < 4.78 is 21.1. The average molecular weight is 422 g/mol. The van der Waals surface area contributed by atoms with Crippen LogP contribution in [-0.4, -0.2) is 45.1 Å². The third-order valence-electron chi connectivity index (χ3n) is 6.61. The second kappa shape index (κ2) is 8.44. The number of aryl methyl sites for hydroxylation is 1. The zero-order chi connectivity index (χ0) is 21.4. The van der Waals surface area contributed by atoms with E-state index < -0.39 is 6.10 Å². The molecule has 1 N–H and O–H groups in total. The Morgan fingerprint density at radius 3 is 2.48 bits per heavy atom. The van der Waals surface area contributed by atoms with Crippen molar-refractivity contribution in [2.24, 2.45) is 18.9 Å². The molecule has 162 valence electrons. The summed E-state index contributed by atoms with van der Waals surface area (Å²) in [5.41, 5.74) is 3.40. The van der Waals surface area contributed by atoms with Crippen LogP contribution in [0, 0.1) is 17.7 Å². The fourth-order valence-corrected chi connectivity index (χ4v) is 5.16. The van der Waals surface area contributed by atoms with Crippen LogP contribution >= 0.6 is 0 Å². The van der Waals surface area contributed by atoms with Crippen LogP contribution in [0.1, 0.15) is 18.4 Å². The molecule has 2 aromatic carbocycles. The predicted octanol–water partition coefficient (Wildman–Crippen LogP) is 3.88. The van der Waals surface area contributed by atoms with Gasteiger partial charge in [0.1, 0.15) is 17.7 Å². The summed E-state index contributed by atoms with van der Waals surface area (Å²) in [6.45, 7) is 2.82. The number of aliphatic hydroxyl groups excluding tert-OH is 1. The van der Waals surface area contributed by atoms with Crippen LogP contribution in [0.2, 0.25) is 0 Å². The van der Waals surface area contributed by atoms with Crippen molar-refractivity contribution in [1.29, 1.82) is 0 Å². The maximum Gasteiger partial charge on any atom is 0.125 e. The SMILES string of the molecule is Cn1cc(CN2C[C@H]3C[C@@H](Oc4ccc(F)cc4)[C@H](O)C[C@H]3C2)c(-c2ccccc2)n1. The van der Waals surface area contributed by atoms with E-state index in [1.807, 2.05) is 29.9 Å². The molecule has 5 nitrogen and oxygen atoms in total. The average Bonchev–Trinajstić information content (AvgIpc) is 3.32. The first-order valence-electron chi connectivity index (χ1n) is 11.0. The molecule has 1 saturated carbocycles. The van der Waals surface area contributed by atoms with Gasteiger partial charge in [-0.25, -0.2) is 4.39 Å². The van der Waals surface area contributed by atoms with Crippen LogP contribution in [0.3, 0.4) is 0 Å². The summed E-state index contributed by atoms with van der Waals surface area (Å²) in [4.78, 5) is 2.48. The van der Waals surface area contributed by atoms with E-state index in [1.165, 1.54) is 17.7 Å². The molecule has 0 spiro atoms. The van der Waals surface area contributed by atoms with Gasteiger partial charge < -0.3 is 9.84 Å². The van der Waals surface area contributed by atoms with E-state index in [0.29, 0.717) is 17.6 Å². The second-order valence-corrected chi connectivity index (χ2v) is 8.91. The summed E-state index contributed by atoms with van der Waals surface area (Å²) in [7, 11) is 1.97. The summed E-state index contributed by atoms with van der Waals surface area (Å²) in [6, 6.07) is 16.3. The van der Waals surface area contributed by atoms with Gasteiger partial charge in [-0.15, -0.1) is 0 Å². The molecule has 2 fully saturated rings. The molecular weight excluding hydrogens is 393 g/mol. The van der Waals surface area contributed by atoms with Crippen molar-refractivity contribution in [2.75, 3.05) is 13.1 Å². The third-order valence-corrected chi connectivity index (χ3v) is 6.61. The van der Waals surface area contributed by atoms with Crippen molar-refractivity contribution in [1.82, 2.24) is 14.7 Å². The number of fused-ring (bicyclic) bond motifs is 1. The highest BCUT2D eigenvalue weighted by Gasteiger charge is 2.42. The number of ether oxygens (including phenoxy) is 1. The molecule has 1 saturated heterocycles. The van der Waals surface area contributed by atoms with Crippen molar-refractivity contribution < 1.29 is 14.2 Å². The molecule has 6 heteroatoms. The summed E-state index contributed by atoms with van der Waals surface area (Å²) in [5.74, 6) is 1.29. The lowest BCUT2D eigenvalue weighted by Gasteiger charge is -2.35. The number of nitrogens with zero attached hydrogens (tertiary/aromatic N) is 3. The molecule has 1 aliphatic carbocycles. The van der Waals surface area contributed by atoms with E-state index in [4.69, 9.17) is 9.84 Å². The number of aromatic nitrogens is 2. The fourth-order valence-electron chi connectivity index (χ4n) is 5.16. The molecule has 0 amide bonds. The Balaban J connectivity index is 1.26. The lowest BCUT2D eigenvalue weighted by Crippen LogP contribution is -2.42. The van der Waals surface area contributed by atoms with Crippen molar-refractivity contribution >= 4 is 0 Å². The number of benzene rings is 2. The molecule has 4 atom stereocenters. The van der Waals surface area contributed by atoms with Gasteiger partial charge in [0, 0.05) is 44.0 Å². The fraction of sp³-hybridized carbons (Fsp3) is 0.400. The van der Waals surface area contributed by atoms with Gasteiger partial charge in [-0.2, -0.15) is 5.10 Å². The predicted molar refractivity (Wildman–Crippen MR) is 117 cm³/mol. The largest absolute Gasteiger partial charge is 0.488 e. The zero-order valence-corrected chi connectivity index (χ0v) is 17.7. The standard InChI is InChI=1S/C25H28FN3O2/c1-28-13-20(25(27-28)17-5-3-2-4-6-17)16-29-14-18-11-23(30)24(12-19(18)15-29)31-22-9-7-21(26)8-10-22/h2-10,13,18-19,23-24,30H,11-12,14-16H2,1H3/t18-,19+,23+,24+/m0/s1. The van der Waals surface area contributed by atoms with E-state index in [2.05, 4.69) is 23.2 Å². The third kappa shape index (κ3) is 4.36. The van der Waals surface area contributed by atoms with Gasteiger partial charge in [0.05, 0.1) is 11.8 Å². The van der Waals surface area contributed by atoms with Crippen LogP contribution in [0.4, 0.5) is 4.39 Å². The van der Waals surface area contributed by atoms with Gasteiger partial charge >= 0.3 is 0 Å². The quantitative estimate of drug-likeness (QED) is 0.679. The van der Waals surface area contributed by atoms with Gasteiger partial charge in [-0.3, -0.25) is 9.58 Å². The Bertz CT molecular complexity index is 1020. The Morgan fingerprint density at radius 2 is 1.74 bits per heavy atom. The highest BCUT2D eigenvalue weighted by atomic mass is 19.1. The summed E-state index contributed by atoms with van der Waals surface area (Å²) in [6.07, 6.45) is 2.93. The lowest BCUT2D eigenvalue weighted by atomic mass is 9.78. The molecule has 31 heavy (non-hydrogen) atoms. The van der Waals surface area contributed by atoms with E-state index in [1.54, 1.807) is 12.1 Å². The normalized spacial score (nSPS) is 26.0. The number of hydrogen-bond acceptors (Lipinski definition) is 4. The number of rotatable bonds is 5. The first kappa shape index (κ1) is 20.2. The topological polar surface area (TPSA) is 50.5 Å². The minimum absolute atomic E-state index is 0.245. The van der Waals surface area contributed by atoms with Gasteiger partial charge in [0.15, 0.2) is 0 Å². The number of likely N-dealkylation sites (tertiary alicyclic amines) is 1. The Hall–Kier alpha value is -2.70. The molecule has 3 aromatic rings. The zero-order valence-electron chi connectivity index (χ0n) is 17.7. The van der Waals surface area contributed by atoms with Crippen LogP contribution in [0.15, 0.2) is 60.8 Å². The Morgan fingerprint density at radius 1 is 1.03 bits per heavy atom. The maximum atomic E-state index is 13.2. The molecule has 1 aliphatic heterocycles. The highest BCUT2D eigenvalue weighted by Crippen LogP contribution is 2.39. The molecule has 2 aliphatic rings. The van der Waals surface area contributed by atoms with Crippen LogP contribution in [0.25, 0.3) is 11.3 Å². The number of hydrogen-bond donors (Lipinski definition) is 1. The van der Waals surface area contributed by atoms with Gasteiger partial charge in [-0.05, 0) is 48.9 Å². The molecular formula is C25H28FN3O2. The minimum Gasteiger partial charge on any atom is -0.488 e. The Kier molecular flexibility index (Phi) is 5.50. The molecule has 2 heterocycles. The van der Waals surface area contributed by atoms with Gasteiger partial charge in [0.25, 0.3) is 0 Å². The summed E-state index contributed by atoms with van der Waals surface area (Å²) in [5, 5.41) is 15.4. The van der Waals surface area contributed by atoms with E-state index in [9.17, 15) is 9.50 Å². The molecule has 5 rings (SSSR count). The molecule has 1 aromatic heterocycles. The maximum absolute atomic E-state index is 13.2. The second-order valence-electron chi connectivity index (χ2n) is 8.91. The lowest BCUT2D eigenvalue weighted by molar-refractivity contribution is -0.0231. The van der Waals surface area contributed by atoms with Crippen molar-refractivity contribution in [3.63, 3.8) is 0 Å². The van der Waals surface area contributed by atoms with Crippen molar-refractivity contribution in [2.45, 2.75) is 31.6 Å². The van der Waals surface area contributed by atoms with Crippen molar-refractivity contribution in [3.8, 4) is 17.0 Å².